The minimum atomic E-state index is 0.574. The largest absolute Gasteiger partial charge is 0.413 e. The fourth-order valence-corrected chi connectivity index (χ4v) is 3.34. The number of carbonyl (C=O) groups is 1. The molecule has 3 nitrogen and oxygen atoms in total. The SMILES string of the molecule is O=Cc1ccc2c(c1)c1ccccc1n2OCCc1ccc(Br)cc1. The van der Waals surface area contributed by atoms with Crippen molar-refractivity contribution in [1.82, 2.24) is 4.73 Å². The molecular formula is C21H16BrNO2. The number of fused-ring (bicyclic) bond motifs is 3. The van der Waals surface area contributed by atoms with Gasteiger partial charge in [-0.15, -0.1) is 0 Å². The van der Waals surface area contributed by atoms with Crippen LogP contribution in [0, 0.1) is 0 Å². The lowest BCUT2D eigenvalue weighted by Crippen LogP contribution is -2.14. The highest BCUT2D eigenvalue weighted by Crippen LogP contribution is 2.28. The lowest BCUT2D eigenvalue weighted by atomic mass is 10.1. The van der Waals surface area contributed by atoms with Gasteiger partial charge in [0, 0.05) is 27.2 Å². The summed E-state index contributed by atoms with van der Waals surface area (Å²) in [5, 5.41) is 2.12. The molecule has 0 saturated heterocycles. The number of hydrogen-bond donors (Lipinski definition) is 0. The number of halogens is 1. The van der Waals surface area contributed by atoms with Crippen molar-refractivity contribution in [2.24, 2.45) is 0 Å². The highest BCUT2D eigenvalue weighted by atomic mass is 79.9. The van der Waals surface area contributed by atoms with Gasteiger partial charge in [-0.25, -0.2) is 0 Å². The standard InChI is InChI=1S/C21H16BrNO2/c22-17-8-5-15(6-9-17)11-12-25-23-20-4-2-1-3-18(20)19-13-16(14-24)7-10-21(19)23/h1-10,13-14H,11-12H2. The van der Waals surface area contributed by atoms with Crippen molar-refractivity contribution in [3.05, 3.63) is 82.3 Å². The second-order valence-electron chi connectivity index (χ2n) is 5.92. The van der Waals surface area contributed by atoms with Crippen molar-refractivity contribution in [2.75, 3.05) is 6.61 Å². The van der Waals surface area contributed by atoms with Crippen LogP contribution in [-0.2, 0) is 6.42 Å². The van der Waals surface area contributed by atoms with E-state index in [9.17, 15) is 4.79 Å². The molecule has 0 aliphatic rings. The summed E-state index contributed by atoms with van der Waals surface area (Å²) in [5.41, 5.74) is 3.89. The average Bonchev–Trinajstić information content (AvgIpc) is 2.97. The van der Waals surface area contributed by atoms with E-state index >= 15 is 0 Å². The second kappa shape index (κ2) is 6.73. The maximum absolute atomic E-state index is 11.1. The van der Waals surface area contributed by atoms with Crippen molar-refractivity contribution in [2.45, 2.75) is 6.42 Å². The molecule has 0 saturated carbocycles. The predicted molar refractivity (Wildman–Crippen MR) is 104 cm³/mol. The molecule has 0 radical (unpaired) electrons. The third kappa shape index (κ3) is 3.05. The Labute approximate surface area is 153 Å². The van der Waals surface area contributed by atoms with E-state index in [-0.39, 0.29) is 0 Å². The van der Waals surface area contributed by atoms with Crippen LogP contribution in [-0.4, -0.2) is 17.6 Å². The van der Waals surface area contributed by atoms with E-state index in [0.717, 1.165) is 39.0 Å². The van der Waals surface area contributed by atoms with Crippen LogP contribution in [0.4, 0.5) is 0 Å². The molecular weight excluding hydrogens is 378 g/mol. The Kier molecular flexibility index (Phi) is 4.28. The van der Waals surface area contributed by atoms with Gasteiger partial charge in [-0.05, 0) is 42.0 Å². The molecule has 25 heavy (non-hydrogen) atoms. The molecule has 0 bridgehead atoms. The Morgan fingerprint density at radius 2 is 1.68 bits per heavy atom. The summed E-state index contributed by atoms with van der Waals surface area (Å²) in [6, 6.07) is 22.0. The number of nitrogens with zero attached hydrogens (tertiary/aromatic N) is 1. The van der Waals surface area contributed by atoms with Crippen molar-refractivity contribution in [3.8, 4) is 0 Å². The molecule has 4 heteroatoms. The molecule has 4 aromatic rings. The molecule has 0 N–H and O–H groups in total. The van der Waals surface area contributed by atoms with Gasteiger partial charge in [0.25, 0.3) is 0 Å². The van der Waals surface area contributed by atoms with Crippen LogP contribution >= 0.6 is 15.9 Å². The van der Waals surface area contributed by atoms with Crippen molar-refractivity contribution < 1.29 is 9.63 Å². The molecule has 0 fully saturated rings. The number of rotatable bonds is 5. The van der Waals surface area contributed by atoms with Gasteiger partial charge >= 0.3 is 0 Å². The first kappa shape index (κ1) is 15.9. The molecule has 0 amide bonds. The molecule has 0 aliphatic heterocycles. The van der Waals surface area contributed by atoms with Crippen LogP contribution < -0.4 is 4.84 Å². The monoisotopic (exact) mass is 393 g/mol. The molecule has 3 aromatic carbocycles. The number of hydrogen-bond acceptors (Lipinski definition) is 2. The van der Waals surface area contributed by atoms with Crippen LogP contribution in [0.5, 0.6) is 0 Å². The summed E-state index contributed by atoms with van der Waals surface area (Å²) in [4.78, 5) is 17.2. The Morgan fingerprint density at radius 1 is 0.920 bits per heavy atom. The van der Waals surface area contributed by atoms with Gasteiger partial charge in [0.15, 0.2) is 0 Å². The minimum Gasteiger partial charge on any atom is -0.413 e. The van der Waals surface area contributed by atoms with Crippen molar-refractivity contribution in [1.29, 1.82) is 0 Å². The van der Waals surface area contributed by atoms with Gasteiger partial charge in [-0.2, -0.15) is 4.73 Å². The topological polar surface area (TPSA) is 31.2 Å². The zero-order valence-electron chi connectivity index (χ0n) is 13.5. The first-order chi connectivity index (χ1) is 12.3. The third-order valence-corrected chi connectivity index (χ3v) is 4.84. The van der Waals surface area contributed by atoms with E-state index in [0.29, 0.717) is 12.2 Å². The summed E-state index contributed by atoms with van der Waals surface area (Å²) in [5.74, 6) is 0. The molecule has 1 heterocycles. The predicted octanol–water partition coefficient (Wildman–Crippen LogP) is 5.04. The van der Waals surface area contributed by atoms with Gasteiger partial charge in [-0.3, -0.25) is 4.79 Å². The lowest BCUT2D eigenvalue weighted by Gasteiger charge is -2.10. The maximum atomic E-state index is 11.1. The Bertz CT molecular complexity index is 1050. The van der Waals surface area contributed by atoms with Gasteiger partial charge in [0.2, 0.25) is 0 Å². The summed E-state index contributed by atoms with van der Waals surface area (Å²) >= 11 is 3.45. The maximum Gasteiger partial charge on any atom is 0.150 e. The fourth-order valence-electron chi connectivity index (χ4n) is 3.07. The summed E-state index contributed by atoms with van der Waals surface area (Å²) in [6.07, 6.45) is 1.70. The molecule has 0 spiro atoms. The quantitative estimate of drug-likeness (QED) is 0.444. The first-order valence-electron chi connectivity index (χ1n) is 8.12. The zero-order valence-corrected chi connectivity index (χ0v) is 15.1. The normalized spacial score (nSPS) is 11.1. The van der Waals surface area contributed by atoms with Crippen molar-refractivity contribution in [3.63, 3.8) is 0 Å². The van der Waals surface area contributed by atoms with Gasteiger partial charge in [0.05, 0.1) is 11.0 Å². The molecule has 124 valence electrons. The number of benzene rings is 3. The van der Waals surface area contributed by atoms with E-state index < -0.39 is 0 Å². The van der Waals surface area contributed by atoms with Crippen molar-refractivity contribution >= 4 is 44.0 Å². The summed E-state index contributed by atoms with van der Waals surface area (Å²) in [7, 11) is 0. The van der Waals surface area contributed by atoms with E-state index in [4.69, 9.17) is 4.84 Å². The van der Waals surface area contributed by atoms with E-state index in [2.05, 4.69) is 34.1 Å². The number of carbonyl (C=O) groups excluding carboxylic acids is 1. The smallest absolute Gasteiger partial charge is 0.150 e. The van der Waals surface area contributed by atoms with Crippen LogP contribution in [0.1, 0.15) is 15.9 Å². The average molecular weight is 394 g/mol. The number of aldehydes is 1. The highest BCUT2D eigenvalue weighted by Gasteiger charge is 2.11. The second-order valence-corrected chi connectivity index (χ2v) is 6.83. The third-order valence-electron chi connectivity index (χ3n) is 4.31. The van der Waals surface area contributed by atoms with Crippen LogP contribution in [0.2, 0.25) is 0 Å². The van der Waals surface area contributed by atoms with E-state index in [1.54, 1.807) is 0 Å². The lowest BCUT2D eigenvalue weighted by molar-refractivity contribution is 0.112. The van der Waals surface area contributed by atoms with Crippen LogP contribution in [0.25, 0.3) is 21.8 Å². The summed E-state index contributed by atoms with van der Waals surface area (Å²) in [6.45, 7) is 0.574. The van der Waals surface area contributed by atoms with Gasteiger partial charge in [-0.1, -0.05) is 46.3 Å². The highest BCUT2D eigenvalue weighted by molar-refractivity contribution is 9.10. The number of aromatic nitrogens is 1. The Hall–Kier alpha value is -2.59. The molecule has 1 aromatic heterocycles. The molecule has 4 rings (SSSR count). The summed E-state index contributed by atoms with van der Waals surface area (Å²) < 4.78 is 2.95. The Balaban J connectivity index is 1.67. The minimum absolute atomic E-state index is 0.574. The molecule has 0 unspecified atom stereocenters. The Morgan fingerprint density at radius 3 is 2.48 bits per heavy atom. The van der Waals surface area contributed by atoms with Gasteiger partial charge in [0.1, 0.15) is 12.9 Å². The first-order valence-corrected chi connectivity index (χ1v) is 8.92. The molecule has 0 atom stereocenters. The van der Waals surface area contributed by atoms with E-state index in [1.165, 1.54) is 5.56 Å². The van der Waals surface area contributed by atoms with E-state index in [1.807, 2.05) is 53.3 Å². The molecule has 0 aliphatic carbocycles. The van der Waals surface area contributed by atoms with Crippen LogP contribution in [0.15, 0.2) is 71.2 Å². The zero-order chi connectivity index (χ0) is 17.2. The fraction of sp³-hybridized carbons (Fsp3) is 0.0952. The van der Waals surface area contributed by atoms with Gasteiger partial charge < -0.3 is 4.84 Å². The van der Waals surface area contributed by atoms with Crippen LogP contribution in [0.3, 0.4) is 0 Å². The number of para-hydroxylation sites is 1.